The van der Waals surface area contributed by atoms with Crippen molar-refractivity contribution < 1.29 is 4.79 Å². The number of piperazine rings is 1. The highest BCUT2D eigenvalue weighted by molar-refractivity contribution is 5.93. The van der Waals surface area contributed by atoms with Crippen molar-refractivity contribution in [1.82, 2.24) is 9.47 Å². The van der Waals surface area contributed by atoms with Gasteiger partial charge in [0.1, 0.15) is 5.82 Å². The predicted octanol–water partition coefficient (Wildman–Crippen LogP) is 0.980. The summed E-state index contributed by atoms with van der Waals surface area (Å²) in [7, 11) is 4.10. The molecule has 1 aromatic rings. The van der Waals surface area contributed by atoms with E-state index < -0.39 is 0 Å². The van der Waals surface area contributed by atoms with Gasteiger partial charge >= 0.3 is 0 Å². The zero-order valence-electron chi connectivity index (χ0n) is 10.2. The Morgan fingerprint density at radius 2 is 1.75 bits per heavy atom. The minimum Gasteiger partial charge on any atom is -0.355 e. The number of aromatic nitrogens is 1. The molecule has 2 rings (SSSR count). The Kier molecular flexibility index (Phi) is 3.01. The molecule has 1 saturated heterocycles. The Balaban J connectivity index is 2.18. The first-order chi connectivity index (χ1) is 7.59. The molecule has 0 aliphatic carbocycles. The van der Waals surface area contributed by atoms with Crippen LogP contribution in [0.15, 0.2) is 12.1 Å². The van der Waals surface area contributed by atoms with Crippen molar-refractivity contribution in [2.75, 3.05) is 38.1 Å². The zero-order chi connectivity index (χ0) is 11.7. The maximum Gasteiger partial charge on any atom is 0.176 e. The first kappa shape index (κ1) is 11.2. The van der Waals surface area contributed by atoms with Crippen molar-refractivity contribution in [3.8, 4) is 0 Å². The second-order valence-electron chi connectivity index (χ2n) is 4.48. The second-order valence-corrected chi connectivity index (χ2v) is 4.48. The number of rotatable bonds is 2. The SMILES string of the molecule is CC(=O)c1ccc(N2CCN(C)CC2)n1C. The molecule has 0 spiro atoms. The third-order valence-corrected chi connectivity index (χ3v) is 3.28. The summed E-state index contributed by atoms with van der Waals surface area (Å²) < 4.78 is 1.99. The fraction of sp³-hybridized carbons (Fsp3) is 0.583. The van der Waals surface area contributed by atoms with Gasteiger partial charge in [0.05, 0.1) is 5.69 Å². The van der Waals surface area contributed by atoms with Crippen LogP contribution in [0.1, 0.15) is 17.4 Å². The van der Waals surface area contributed by atoms with Gasteiger partial charge in [0, 0.05) is 40.2 Å². The molecule has 16 heavy (non-hydrogen) atoms. The molecule has 1 fully saturated rings. The Morgan fingerprint density at radius 1 is 1.12 bits per heavy atom. The molecule has 4 nitrogen and oxygen atoms in total. The minimum atomic E-state index is 0.128. The van der Waals surface area contributed by atoms with Crippen molar-refractivity contribution in [3.63, 3.8) is 0 Å². The summed E-state index contributed by atoms with van der Waals surface area (Å²) in [6, 6.07) is 3.96. The number of nitrogens with zero attached hydrogens (tertiary/aromatic N) is 3. The van der Waals surface area contributed by atoms with E-state index in [9.17, 15) is 4.79 Å². The van der Waals surface area contributed by atoms with Gasteiger partial charge < -0.3 is 14.4 Å². The highest BCUT2D eigenvalue weighted by Gasteiger charge is 2.18. The molecular weight excluding hydrogens is 202 g/mol. The van der Waals surface area contributed by atoms with E-state index in [4.69, 9.17) is 0 Å². The number of ketones is 1. The van der Waals surface area contributed by atoms with Crippen molar-refractivity contribution in [3.05, 3.63) is 17.8 Å². The van der Waals surface area contributed by atoms with E-state index >= 15 is 0 Å². The molecule has 1 aliphatic heterocycles. The van der Waals surface area contributed by atoms with Crippen LogP contribution in [0.5, 0.6) is 0 Å². The number of hydrogen-bond acceptors (Lipinski definition) is 3. The smallest absolute Gasteiger partial charge is 0.176 e. The highest BCUT2D eigenvalue weighted by atomic mass is 16.1. The van der Waals surface area contributed by atoms with Crippen molar-refractivity contribution >= 4 is 11.6 Å². The first-order valence-corrected chi connectivity index (χ1v) is 5.69. The molecule has 0 unspecified atom stereocenters. The summed E-state index contributed by atoms with van der Waals surface area (Å²) in [6.07, 6.45) is 0. The number of likely N-dealkylation sites (N-methyl/N-ethyl adjacent to an activating group) is 1. The van der Waals surface area contributed by atoms with Crippen LogP contribution in [-0.4, -0.2) is 48.5 Å². The standard InChI is InChI=1S/C12H19N3O/c1-10(16)11-4-5-12(14(11)3)15-8-6-13(2)7-9-15/h4-5H,6-9H2,1-3H3. The molecule has 2 heterocycles. The predicted molar refractivity (Wildman–Crippen MR) is 65.1 cm³/mol. The van der Waals surface area contributed by atoms with Crippen LogP contribution in [-0.2, 0) is 7.05 Å². The number of carbonyl (C=O) groups is 1. The maximum atomic E-state index is 11.4. The van der Waals surface area contributed by atoms with Crippen LogP contribution < -0.4 is 4.90 Å². The van der Waals surface area contributed by atoms with Crippen LogP contribution in [0.2, 0.25) is 0 Å². The maximum absolute atomic E-state index is 11.4. The fourth-order valence-electron chi connectivity index (χ4n) is 2.21. The average Bonchev–Trinajstić information content (AvgIpc) is 2.61. The Morgan fingerprint density at radius 3 is 2.25 bits per heavy atom. The lowest BCUT2D eigenvalue weighted by Gasteiger charge is -2.34. The molecule has 1 aliphatic rings. The molecule has 0 bridgehead atoms. The largest absolute Gasteiger partial charge is 0.355 e. The second kappa shape index (κ2) is 4.29. The number of anilines is 1. The van der Waals surface area contributed by atoms with E-state index in [-0.39, 0.29) is 5.78 Å². The van der Waals surface area contributed by atoms with Gasteiger partial charge in [0.2, 0.25) is 0 Å². The summed E-state index contributed by atoms with van der Waals surface area (Å²) in [5.74, 6) is 1.28. The minimum absolute atomic E-state index is 0.128. The highest BCUT2D eigenvalue weighted by Crippen LogP contribution is 2.19. The number of Topliss-reactive ketones (excluding diaryl/α,β-unsaturated/α-hetero) is 1. The molecule has 0 aromatic carbocycles. The Hall–Kier alpha value is -1.29. The normalized spacial score (nSPS) is 17.8. The summed E-state index contributed by atoms with van der Waals surface area (Å²) in [6.45, 7) is 5.85. The molecule has 0 radical (unpaired) electrons. The first-order valence-electron chi connectivity index (χ1n) is 5.69. The zero-order valence-corrected chi connectivity index (χ0v) is 10.2. The van der Waals surface area contributed by atoms with Gasteiger partial charge in [-0.3, -0.25) is 4.79 Å². The summed E-state index contributed by atoms with van der Waals surface area (Å²) in [5.41, 5.74) is 0.786. The summed E-state index contributed by atoms with van der Waals surface area (Å²) >= 11 is 0. The Bertz CT molecular complexity index is 389. The molecule has 0 amide bonds. The van der Waals surface area contributed by atoms with Crippen LogP contribution >= 0.6 is 0 Å². The van der Waals surface area contributed by atoms with Gasteiger partial charge in [-0.15, -0.1) is 0 Å². The van der Waals surface area contributed by atoms with Gasteiger partial charge in [0.25, 0.3) is 0 Å². The van der Waals surface area contributed by atoms with Crippen LogP contribution in [0, 0.1) is 0 Å². The van der Waals surface area contributed by atoms with E-state index in [2.05, 4.69) is 16.8 Å². The van der Waals surface area contributed by atoms with Crippen molar-refractivity contribution in [2.24, 2.45) is 7.05 Å². The van der Waals surface area contributed by atoms with E-state index in [1.165, 1.54) is 0 Å². The molecule has 4 heteroatoms. The van der Waals surface area contributed by atoms with Gasteiger partial charge in [-0.05, 0) is 19.2 Å². The van der Waals surface area contributed by atoms with Crippen LogP contribution in [0.25, 0.3) is 0 Å². The van der Waals surface area contributed by atoms with Crippen molar-refractivity contribution in [2.45, 2.75) is 6.92 Å². The lowest BCUT2D eigenvalue weighted by molar-refractivity contribution is 0.101. The summed E-state index contributed by atoms with van der Waals surface area (Å²) in [4.78, 5) is 16.0. The third-order valence-electron chi connectivity index (χ3n) is 3.28. The quantitative estimate of drug-likeness (QED) is 0.697. The number of hydrogen-bond donors (Lipinski definition) is 0. The molecule has 0 saturated carbocycles. The van der Waals surface area contributed by atoms with E-state index in [0.717, 1.165) is 37.7 Å². The molecule has 0 N–H and O–H groups in total. The lowest BCUT2D eigenvalue weighted by Crippen LogP contribution is -2.45. The fourth-order valence-corrected chi connectivity index (χ4v) is 2.21. The average molecular weight is 221 g/mol. The van der Waals surface area contributed by atoms with E-state index in [0.29, 0.717) is 0 Å². The molecular formula is C12H19N3O. The van der Waals surface area contributed by atoms with E-state index in [1.54, 1.807) is 6.92 Å². The number of carbonyl (C=O) groups excluding carboxylic acids is 1. The Labute approximate surface area is 96.4 Å². The third kappa shape index (κ3) is 1.97. The topological polar surface area (TPSA) is 28.5 Å². The van der Waals surface area contributed by atoms with Gasteiger partial charge in [0.15, 0.2) is 5.78 Å². The molecule has 88 valence electrons. The summed E-state index contributed by atoms with van der Waals surface area (Å²) in [5, 5.41) is 0. The monoisotopic (exact) mass is 221 g/mol. The van der Waals surface area contributed by atoms with E-state index in [1.807, 2.05) is 23.7 Å². The molecule has 0 atom stereocenters. The van der Waals surface area contributed by atoms with Gasteiger partial charge in [-0.1, -0.05) is 0 Å². The van der Waals surface area contributed by atoms with Gasteiger partial charge in [-0.2, -0.15) is 0 Å². The van der Waals surface area contributed by atoms with Gasteiger partial charge in [-0.25, -0.2) is 0 Å². The molecule has 1 aromatic heterocycles. The van der Waals surface area contributed by atoms with Crippen LogP contribution in [0.4, 0.5) is 5.82 Å². The lowest BCUT2D eigenvalue weighted by atomic mass is 10.3. The van der Waals surface area contributed by atoms with Crippen LogP contribution in [0.3, 0.4) is 0 Å². The van der Waals surface area contributed by atoms with Crippen molar-refractivity contribution in [1.29, 1.82) is 0 Å².